The van der Waals surface area contributed by atoms with Crippen LogP contribution in [-0.4, -0.2) is 59.3 Å². The molecule has 0 radical (unpaired) electrons. The van der Waals surface area contributed by atoms with Crippen LogP contribution in [0.4, 0.5) is 0 Å². The van der Waals surface area contributed by atoms with E-state index in [1.807, 2.05) is 12.1 Å². The van der Waals surface area contributed by atoms with Crippen molar-refractivity contribution in [2.45, 2.75) is 18.9 Å². The molecule has 3 aliphatic heterocycles. The van der Waals surface area contributed by atoms with Gasteiger partial charge in [-0.05, 0) is 49.5 Å². The van der Waals surface area contributed by atoms with Crippen LogP contribution in [0.1, 0.15) is 33.7 Å². The van der Waals surface area contributed by atoms with Gasteiger partial charge in [0.25, 0.3) is 5.91 Å². The van der Waals surface area contributed by atoms with Crippen molar-refractivity contribution in [3.05, 3.63) is 41.7 Å². The van der Waals surface area contributed by atoms with E-state index in [1.54, 1.807) is 25.4 Å². The zero-order chi connectivity index (χ0) is 19.0. The molecule has 3 saturated heterocycles. The fourth-order valence-corrected chi connectivity index (χ4v) is 4.17. The molecular weight excluding hydrogens is 344 g/mol. The number of ether oxygens (including phenoxy) is 1. The number of methoxy groups -OCH3 is 1. The number of amides is 1. The third kappa shape index (κ3) is 3.35. The third-order valence-electron chi connectivity index (χ3n) is 5.75. The van der Waals surface area contributed by atoms with Gasteiger partial charge in [-0.1, -0.05) is 12.1 Å². The van der Waals surface area contributed by atoms with E-state index >= 15 is 0 Å². The van der Waals surface area contributed by atoms with E-state index in [9.17, 15) is 9.59 Å². The average molecular weight is 368 g/mol. The number of hydrogen-bond donors (Lipinski definition) is 1. The number of esters is 1. The average Bonchev–Trinajstić information content (AvgIpc) is 3.10. The number of rotatable bonds is 4. The van der Waals surface area contributed by atoms with Crippen molar-refractivity contribution in [3.8, 4) is 11.1 Å². The largest absolute Gasteiger partial charge is 0.464 e. The summed E-state index contributed by atoms with van der Waals surface area (Å²) in [5.41, 5.74) is 2.53. The summed E-state index contributed by atoms with van der Waals surface area (Å²) < 4.78 is 6.34. The highest BCUT2D eigenvalue weighted by Crippen LogP contribution is 2.28. The summed E-state index contributed by atoms with van der Waals surface area (Å²) in [6, 6.07) is 7.51. The lowest BCUT2D eigenvalue weighted by Crippen LogP contribution is -2.57. The van der Waals surface area contributed by atoms with Crippen LogP contribution in [0.5, 0.6) is 0 Å². The van der Waals surface area contributed by atoms with Gasteiger partial charge >= 0.3 is 5.97 Å². The Balaban J connectivity index is 1.49. The van der Waals surface area contributed by atoms with Crippen LogP contribution in [0.3, 0.4) is 0 Å². The maximum atomic E-state index is 12.6. The summed E-state index contributed by atoms with van der Waals surface area (Å²) in [5.74, 6) is 0.116. The first-order valence-corrected chi connectivity index (χ1v) is 9.31. The topological polar surface area (TPSA) is 76.5 Å². The predicted molar refractivity (Wildman–Crippen MR) is 100 cm³/mol. The van der Waals surface area contributed by atoms with E-state index in [0.29, 0.717) is 22.7 Å². The first-order chi connectivity index (χ1) is 13.1. The molecule has 3 aliphatic rings. The number of nitrogens with zero attached hydrogens (tertiary/aromatic N) is 3. The Morgan fingerprint density at radius 1 is 1.19 bits per heavy atom. The number of piperidine rings is 3. The van der Waals surface area contributed by atoms with Crippen molar-refractivity contribution < 1.29 is 14.3 Å². The van der Waals surface area contributed by atoms with Crippen molar-refractivity contribution in [3.63, 3.8) is 0 Å². The van der Waals surface area contributed by atoms with Crippen LogP contribution in [0.25, 0.3) is 11.1 Å². The molecule has 5 rings (SSSR count). The van der Waals surface area contributed by atoms with Crippen LogP contribution in [0, 0.1) is 5.92 Å². The molecule has 7 heteroatoms. The van der Waals surface area contributed by atoms with E-state index in [4.69, 9.17) is 4.74 Å². The monoisotopic (exact) mass is 368 g/mol. The van der Waals surface area contributed by atoms with Gasteiger partial charge in [0, 0.05) is 30.8 Å². The van der Waals surface area contributed by atoms with Gasteiger partial charge in [-0.3, -0.25) is 9.48 Å². The molecule has 7 nitrogen and oxygen atoms in total. The zero-order valence-corrected chi connectivity index (χ0v) is 15.6. The summed E-state index contributed by atoms with van der Waals surface area (Å²) in [5, 5.41) is 7.35. The molecule has 4 heterocycles. The quantitative estimate of drug-likeness (QED) is 0.832. The highest BCUT2D eigenvalue weighted by Gasteiger charge is 2.34. The second-order valence-electron chi connectivity index (χ2n) is 7.32. The van der Waals surface area contributed by atoms with E-state index in [2.05, 4.69) is 15.3 Å². The van der Waals surface area contributed by atoms with Crippen molar-refractivity contribution in [2.24, 2.45) is 13.0 Å². The van der Waals surface area contributed by atoms with Crippen molar-refractivity contribution in [1.82, 2.24) is 20.0 Å². The Bertz CT molecular complexity index is 851. The summed E-state index contributed by atoms with van der Waals surface area (Å²) >= 11 is 0. The lowest BCUT2D eigenvalue weighted by Gasteiger charge is -2.44. The Morgan fingerprint density at radius 2 is 1.89 bits per heavy atom. The van der Waals surface area contributed by atoms with E-state index in [1.165, 1.54) is 24.6 Å². The maximum absolute atomic E-state index is 12.6. The molecule has 0 saturated carbocycles. The lowest BCUT2D eigenvalue weighted by atomic mass is 9.84. The van der Waals surface area contributed by atoms with Gasteiger partial charge in [0.05, 0.1) is 13.3 Å². The van der Waals surface area contributed by atoms with Crippen LogP contribution in [0.15, 0.2) is 30.5 Å². The maximum Gasteiger partial charge on any atom is 0.356 e. The molecule has 1 atom stereocenters. The fraction of sp³-hybridized carbons (Fsp3) is 0.450. The number of fused-ring (bicyclic) bond motifs is 3. The van der Waals surface area contributed by atoms with Gasteiger partial charge in [-0.25, -0.2) is 4.79 Å². The van der Waals surface area contributed by atoms with Gasteiger partial charge in [0.1, 0.15) is 0 Å². The first kappa shape index (κ1) is 17.7. The molecule has 0 spiro atoms. The molecule has 1 N–H and O–H groups in total. The molecule has 0 aliphatic carbocycles. The van der Waals surface area contributed by atoms with Crippen LogP contribution < -0.4 is 5.32 Å². The smallest absolute Gasteiger partial charge is 0.356 e. The molecule has 27 heavy (non-hydrogen) atoms. The van der Waals surface area contributed by atoms with Gasteiger partial charge in [0.2, 0.25) is 0 Å². The van der Waals surface area contributed by atoms with Crippen LogP contribution in [0.2, 0.25) is 0 Å². The van der Waals surface area contributed by atoms with Crippen molar-refractivity contribution in [2.75, 3.05) is 26.7 Å². The number of aromatic nitrogens is 2. The summed E-state index contributed by atoms with van der Waals surface area (Å²) in [6.45, 7) is 3.26. The molecule has 2 bridgehead atoms. The number of hydrogen-bond acceptors (Lipinski definition) is 5. The Labute approximate surface area is 158 Å². The number of aryl methyl sites for hydroxylation is 1. The van der Waals surface area contributed by atoms with Crippen LogP contribution in [-0.2, 0) is 11.8 Å². The highest BCUT2D eigenvalue weighted by molar-refractivity contribution is 5.97. The highest BCUT2D eigenvalue weighted by atomic mass is 16.5. The second kappa shape index (κ2) is 7.15. The van der Waals surface area contributed by atoms with Crippen molar-refractivity contribution in [1.29, 1.82) is 0 Å². The predicted octanol–water partition coefficient (Wildman–Crippen LogP) is 1.70. The first-order valence-electron chi connectivity index (χ1n) is 9.31. The molecule has 1 aromatic heterocycles. The van der Waals surface area contributed by atoms with Gasteiger partial charge in [-0.15, -0.1) is 0 Å². The Hall–Kier alpha value is -2.67. The minimum atomic E-state index is -0.436. The molecule has 1 aromatic carbocycles. The molecular formula is C20H24N4O3. The number of nitrogens with one attached hydrogen (secondary N) is 1. The molecule has 3 fully saturated rings. The standard InChI is InChI=1S/C20H24N4O3/c1-23-18(20(26)27-2)16(11-21-23)13-3-5-15(6-4-13)19(25)22-17-12-24-9-7-14(17)8-10-24/h3-6,11,14,17H,7-10,12H2,1-2H3,(H,22,25)/t17-/m1/s1. The molecule has 0 unspecified atom stereocenters. The molecule has 142 valence electrons. The lowest BCUT2D eigenvalue weighted by molar-refractivity contribution is 0.0588. The number of carbonyl (C=O) groups excluding carboxylic acids is 2. The minimum absolute atomic E-state index is 0.0420. The van der Waals surface area contributed by atoms with Gasteiger partial charge < -0.3 is 15.0 Å². The second-order valence-corrected chi connectivity index (χ2v) is 7.32. The summed E-state index contributed by atoms with van der Waals surface area (Å²) in [4.78, 5) is 27.1. The SMILES string of the molecule is COC(=O)c1c(-c2ccc(C(=O)N[C@@H]3CN4CCC3CC4)cc2)cnn1C. The Morgan fingerprint density at radius 3 is 2.48 bits per heavy atom. The minimum Gasteiger partial charge on any atom is -0.464 e. The van der Waals surface area contributed by atoms with Crippen LogP contribution >= 0.6 is 0 Å². The summed E-state index contributed by atoms with van der Waals surface area (Å²) in [7, 11) is 3.05. The zero-order valence-electron chi connectivity index (χ0n) is 15.6. The summed E-state index contributed by atoms with van der Waals surface area (Å²) in [6.07, 6.45) is 3.97. The molecule has 1 amide bonds. The van der Waals surface area contributed by atoms with Crippen molar-refractivity contribution >= 4 is 11.9 Å². The Kier molecular flexibility index (Phi) is 4.70. The fourth-order valence-electron chi connectivity index (χ4n) is 4.17. The number of carbonyl (C=O) groups is 2. The normalized spacial score (nSPS) is 23.9. The third-order valence-corrected chi connectivity index (χ3v) is 5.75. The van der Waals surface area contributed by atoms with Gasteiger partial charge in [-0.2, -0.15) is 5.10 Å². The van der Waals surface area contributed by atoms with E-state index in [-0.39, 0.29) is 11.9 Å². The van der Waals surface area contributed by atoms with E-state index < -0.39 is 5.97 Å². The number of benzene rings is 1. The van der Waals surface area contributed by atoms with E-state index in [0.717, 1.165) is 25.2 Å². The molecule has 2 aromatic rings. The van der Waals surface area contributed by atoms with Gasteiger partial charge in [0.15, 0.2) is 5.69 Å².